The van der Waals surface area contributed by atoms with Crippen LogP contribution in [0.3, 0.4) is 0 Å². The Morgan fingerprint density at radius 1 is 1.31 bits per heavy atom. The van der Waals surface area contributed by atoms with Gasteiger partial charge in [0.1, 0.15) is 6.61 Å². The van der Waals surface area contributed by atoms with E-state index in [1.54, 1.807) is 0 Å². The Labute approximate surface area is 153 Å². The highest BCUT2D eigenvalue weighted by atomic mass is 16.6. The summed E-state index contributed by atoms with van der Waals surface area (Å²) in [6.45, 7) is 1.84. The van der Waals surface area contributed by atoms with E-state index in [0.717, 1.165) is 32.1 Å². The molecule has 0 radical (unpaired) electrons. The molecule has 1 saturated heterocycles. The molecule has 1 heterocycles. The van der Waals surface area contributed by atoms with Gasteiger partial charge in [0.25, 0.3) is 0 Å². The predicted octanol–water partition coefficient (Wildman–Crippen LogP) is 2.00. The first-order valence-electron chi connectivity index (χ1n) is 10.1. The van der Waals surface area contributed by atoms with E-state index >= 15 is 0 Å². The molecular formula is C21H28O5. The molecule has 142 valence electrons. The second-order valence-corrected chi connectivity index (χ2v) is 9.49. The van der Waals surface area contributed by atoms with Crippen LogP contribution < -0.4 is 0 Å². The van der Waals surface area contributed by atoms with Crippen molar-refractivity contribution >= 4 is 11.6 Å². The van der Waals surface area contributed by atoms with E-state index in [1.165, 1.54) is 5.57 Å². The number of carbonyl (C=O) groups is 2. The Balaban J connectivity index is 1.57. The van der Waals surface area contributed by atoms with Crippen molar-refractivity contribution in [2.75, 3.05) is 6.61 Å². The minimum absolute atomic E-state index is 0.0310. The zero-order valence-corrected chi connectivity index (χ0v) is 15.3. The van der Waals surface area contributed by atoms with Crippen molar-refractivity contribution in [2.45, 2.75) is 64.3 Å². The maximum absolute atomic E-state index is 12.4. The van der Waals surface area contributed by atoms with E-state index in [-0.39, 0.29) is 34.9 Å². The lowest BCUT2D eigenvalue weighted by Crippen LogP contribution is -2.55. The van der Waals surface area contributed by atoms with E-state index in [2.05, 4.69) is 6.92 Å². The van der Waals surface area contributed by atoms with Gasteiger partial charge in [-0.3, -0.25) is 9.59 Å². The lowest BCUT2D eigenvalue weighted by atomic mass is 9.46. The van der Waals surface area contributed by atoms with Gasteiger partial charge in [-0.25, -0.2) is 0 Å². The predicted molar refractivity (Wildman–Crippen MR) is 92.9 cm³/mol. The normalized spacial score (nSPS) is 52.1. The maximum atomic E-state index is 12.4. The van der Waals surface area contributed by atoms with E-state index in [4.69, 9.17) is 4.74 Å². The molecule has 0 aromatic carbocycles. The highest BCUT2D eigenvalue weighted by Crippen LogP contribution is 2.71. The minimum Gasteiger partial charge on any atom is -0.389 e. The van der Waals surface area contributed by atoms with Gasteiger partial charge >= 0.3 is 0 Å². The van der Waals surface area contributed by atoms with Crippen LogP contribution in [-0.2, 0) is 14.3 Å². The number of Topliss-reactive ketones (excluding diaryl/α,β-unsaturated/α-hetero) is 1. The first kappa shape index (κ1) is 17.1. The fourth-order valence-corrected chi connectivity index (χ4v) is 7.80. The van der Waals surface area contributed by atoms with Crippen molar-refractivity contribution in [1.82, 2.24) is 0 Å². The summed E-state index contributed by atoms with van der Waals surface area (Å²) in [5, 5.41) is 20.4. The standard InChI is InChI=1S/C21H28O5/c1-20-7-6-12(23)8-11(20)2-3-13-14-4-5-15(16(24)10-22)21(14)9-17(18(13)20)26-19(21)25/h8,13-15,17-19,22,25H,2-7,9-10H2,1H3/t13-,14-,15+,17-,18+,19+,20-,21+/m0/s1. The number of hydrogen-bond acceptors (Lipinski definition) is 5. The molecule has 0 unspecified atom stereocenters. The molecule has 1 spiro atoms. The number of ether oxygens (including phenoxy) is 1. The number of ketones is 2. The second-order valence-electron chi connectivity index (χ2n) is 9.49. The summed E-state index contributed by atoms with van der Waals surface area (Å²) in [7, 11) is 0. The first-order valence-corrected chi connectivity index (χ1v) is 10.1. The van der Waals surface area contributed by atoms with Gasteiger partial charge in [-0.15, -0.1) is 0 Å². The van der Waals surface area contributed by atoms with Crippen LogP contribution in [0.15, 0.2) is 11.6 Å². The molecule has 8 atom stereocenters. The van der Waals surface area contributed by atoms with Crippen LogP contribution in [0.5, 0.6) is 0 Å². The number of carbonyl (C=O) groups excluding carboxylic acids is 2. The molecule has 5 aliphatic rings. The van der Waals surface area contributed by atoms with Gasteiger partial charge in [0, 0.05) is 17.8 Å². The quantitative estimate of drug-likeness (QED) is 0.787. The van der Waals surface area contributed by atoms with Crippen LogP contribution in [0, 0.1) is 34.5 Å². The second kappa shape index (κ2) is 5.49. The number of fused-ring (bicyclic) bond motifs is 6. The largest absolute Gasteiger partial charge is 0.389 e. The van der Waals surface area contributed by atoms with Crippen molar-refractivity contribution in [1.29, 1.82) is 0 Å². The summed E-state index contributed by atoms with van der Waals surface area (Å²) in [6, 6.07) is 0. The highest BCUT2D eigenvalue weighted by molar-refractivity contribution is 5.91. The van der Waals surface area contributed by atoms with Gasteiger partial charge in [0.15, 0.2) is 17.9 Å². The monoisotopic (exact) mass is 360 g/mol. The molecule has 2 N–H and O–H groups in total. The summed E-state index contributed by atoms with van der Waals surface area (Å²) in [5.41, 5.74) is 0.735. The third-order valence-electron chi connectivity index (χ3n) is 8.79. The summed E-state index contributed by atoms with van der Waals surface area (Å²) in [6.07, 6.45) is 6.72. The van der Waals surface area contributed by atoms with E-state index in [0.29, 0.717) is 24.7 Å². The van der Waals surface area contributed by atoms with Gasteiger partial charge < -0.3 is 14.9 Å². The molecule has 3 saturated carbocycles. The van der Waals surface area contributed by atoms with Crippen molar-refractivity contribution < 1.29 is 24.5 Å². The zero-order chi connectivity index (χ0) is 18.3. The highest BCUT2D eigenvalue weighted by Gasteiger charge is 2.71. The van der Waals surface area contributed by atoms with Crippen LogP contribution in [0.2, 0.25) is 0 Å². The van der Waals surface area contributed by atoms with E-state index in [1.807, 2.05) is 6.08 Å². The smallest absolute Gasteiger partial charge is 0.162 e. The van der Waals surface area contributed by atoms with Gasteiger partial charge in [-0.1, -0.05) is 12.5 Å². The van der Waals surface area contributed by atoms with Crippen LogP contribution in [0.1, 0.15) is 51.9 Å². The molecule has 0 amide bonds. The number of hydrogen-bond donors (Lipinski definition) is 2. The SMILES string of the molecule is C[C@]12CCC(=O)C=C1CC[C@@H]1[C@@H]2[C@@H]2C[C@]3([C@H](O)O2)[C@@H](C(=O)CO)CC[C@@H]13. The lowest BCUT2D eigenvalue weighted by Gasteiger charge is -2.57. The van der Waals surface area contributed by atoms with Gasteiger partial charge in [-0.05, 0) is 67.8 Å². The molecular weight excluding hydrogens is 332 g/mol. The van der Waals surface area contributed by atoms with Crippen molar-refractivity contribution in [3.05, 3.63) is 11.6 Å². The molecule has 5 nitrogen and oxygen atoms in total. The number of rotatable bonds is 2. The third-order valence-corrected chi connectivity index (χ3v) is 8.79. The summed E-state index contributed by atoms with van der Waals surface area (Å²) >= 11 is 0. The molecule has 5 rings (SSSR count). The Kier molecular flexibility index (Phi) is 3.61. The molecule has 4 fully saturated rings. The van der Waals surface area contributed by atoms with Crippen LogP contribution in [-0.4, -0.2) is 40.8 Å². The Hall–Kier alpha value is -1.04. The summed E-state index contributed by atoms with van der Waals surface area (Å²) < 4.78 is 6.13. The Bertz CT molecular complexity index is 699. The van der Waals surface area contributed by atoms with Gasteiger partial charge in [-0.2, -0.15) is 0 Å². The molecule has 0 aromatic heterocycles. The summed E-state index contributed by atoms with van der Waals surface area (Å²) in [4.78, 5) is 24.4. The van der Waals surface area contributed by atoms with Crippen LogP contribution in [0.4, 0.5) is 0 Å². The molecule has 2 bridgehead atoms. The fourth-order valence-electron chi connectivity index (χ4n) is 7.80. The summed E-state index contributed by atoms with van der Waals surface area (Å²) in [5.74, 6) is 0.837. The first-order chi connectivity index (χ1) is 12.4. The topological polar surface area (TPSA) is 83.8 Å². The zero-order valence-electron chi connectivity index (χ0n) is 15.3. The molecule has 4 aliphatic carbocycles. The van der Waals surface area contributed by atoms with Crippen LogP contribution >= 0.6 is 0 Å². The third kappa shape index (κ3) is 1.92. The number of aliphatic hydroxyl groups excluding tert-OH is 2. The van der Waals surface area contributed by atoms with Crippen molar-refractivity contribution in [2.24, 2.45) is 34.5 Å². The van der Waals surface area contributed by atoms with Crippen LogP contribution in [0.25, 0.3) is 0 Å². The fraction of sp³-hybridized carbons (Fsp3) is 0.810. The van der Waals surface area contributed by atoms with E-state index < -0.39 is 18.3 Å². The minimum atomic E-state index is -0.910. The Morgan fingerprint density at radius 3 is 2.88 bits per heavy atom. The number of allylic oxidation sites excluding steroid dienone is 1. The van der Waals surface area contributed by atoms with Gasteiger partial charge in [0.2, 0.25) is 0 Å². The lowest BCUT2D eigenvalue weighted by molar-refractivity contribution is -0.160. The Morgan fingerprint density at radius 2 is 2.12 bits per heavy atom. The molecule has 1 aliphatic heterocycles. The number of aliphatic hydroxyl groups is 2. The maximum Gasteiger partial charge on any atom is 0.162 e. The van der Waals surface area contributed by atoms with Gasteiger partial charge in [0.05, 0.1) is 6.10 Å². The molecule has 5 heteroatoms. The van der Waals surface area contributed by atoms with E-state index in [9.17, 15) is 19.8 Å². The van der Waals surface area contributed by atoms with Crippen molar-refractivity contribution in [3.63, 3.8) is 0 Å². The average Bonchev–Trinajstić information content (AvgIpc) is 3.14. The molecule has 26 heavy (non-hydrogen) atoms. The van der Waals surface area contributed by atoms with Crippen molar-refractivity contribution in [3.8, 4) is 0 Å². The molecule has 0 aromatic rings. The average molecular weight is 360 g/mol.